The zero-order valence-electron chi connectivity index (χ0n) is 12.9. The van der Waals surface area contributed by atoms with E-state index in [9.17, 15) is 9.59 Å². The maximum atomic E-state index is 11.5. The second kappa shape index (κ2) is 10.6. The Morgan fingerprint density at radius 1 is 1.35 bits per heavy atom. The van der Waals surface area contributed by atoms with Gasteiger partial charge in [-0.25, -0.2) is 4.79 Å². The third kappa shape index (κ3) is 7.17. The van der Waals surface area contributed by atoms with Crippen LogP contribution in [0.15, 0.2) is 49.6 Å². The van der Waals surface area contributed by atoms with Gasteiger partial charge in [-0.2, -0.15) is 0 Å². The molecular formula is C17H21NO4S. The monoisotopic (exact) mass is 335 g/mol. The molecule has 2 N–H and O–H groups in total. The predicted octanol–water partition coefficient (Wildman–Crippen LogP) is 2.27. The minimum atomic E-state index is -0.342. The first-order chi connectivity index (χ1) is 11.1. The summed E-state index contributed by atoms with van der Waals surface area (Å²) in [6.07, 6.45) is 3.56. The van der Waals surface area contributed by atoms with Crippen LogP contribution in [0.5, 0.6) is 0 Å². The lowest BCUT2D eigenvalue weighted by molar-refractivity contribution is -0.126. The van der Waals surface area contributed by atoms with E-state index in [2.05, 4.69) is 18.5 Å². The van der Waals surface area contributed by atoms with Crippen LogP contribution >= 0.6 is 11.8 Å². The first-order valence-electron chi connectivity index (χ1n) is 7.10. The van der Waals surface area contributed by atoms with Crippen LogP contribution in [-0.4, -0.2) is 35.6 Å². The SMILES string of the molecule is C=CCO.C=CCOC(=O)c1ccc(CSC2CC(=O)N2)cc1. The molecule has 0 spiro atoms. The Bertz CT molecular complexity index is 534. The van der Waals surface area contributed by atoms with Gasteiger partial charge in [0, 0.05) is 5.75 Å². The molecule has 23 heavy (non-hydrogen) atoms. The number of carbonyl (C=O) groups excluding carboxylic acids is 2. The maximum Gasteiger partial charge on any atom is 0.338 e. The van der Waals surface area contributed by atoms with Gasteiger partial charge in [0.05, 0.1) is 24.0 Å². The summed E-state index contributed by atoms with van der Waals surface area (Å²) in [5.41, 5.74) is 1.65. The molecule has 0 aliphatic carbocycles. The van der Waals surface area contributed by atoms with Crippen molar-refractivity contribution >= 4 is 23.6 Å². The highest BCUT2D eigenvalue weighted by atomic mass is 32.2. The van der Waals surface area contributed by atoms with Gasteiger partial charge in [-0.05, 0) is 17.7 Å². The van der Waals surface area contributed by atoms with Crippen molar-refractivity contribution in [3.8, 4) is 0 Å². The number of rotatable bonds is 7. The van der Waals surface area contributed by atoms with Gasteiger partial charge in [-0.15, -0.1) is 18.3 Å². The molecule has 124 valence electrons. The number of aliphatic hydroxyl groups is 1. The lowest BCUT2D eigenvalue weighted by Gasteiger charge is -2.26. The van der Waals surface area contributed by atoms with Crippen molar-refractivity contribution in [2.45, 2.75) is 17.5 Å². The van der Waals surface area contributed by atoms with Gasteiger partial charge in [0.1, 0.15) is 6.61 Å². The summed E-state index contributed by atoms with van der Waals surface area (Å²) >= 11 is 1.69. The molecule has 1 atom stereocenters. The fourth-order valence-electron chi connectivity index (χ4n) is 1.58. The van der Waals surface area contributed by atoms with Crippen molar-refractivity contribution in [3.63, 3.8) is 0 Å². The fourth-order valence-corrected chi connectivity index (χ4v) is 2.65. The zero-order chi connectivity index (χ0) is 17.1. The number of benzene rings is 1. The maximum absolute atomic E-state index is 11.5. The van der Waals surface area contributed by atoms with Crippen LogP contribution in [-0.2, 0) is 15.3 Å². The number of aliphatic hydroxyl groups excluding tert-OH is 1. The fraction of sp³-hybridized carbons (Fsp3) is 0.294. The molecule has 1 saturated heterocycles. The summed E-state index contributed by atoms with van der Waals surface area (Å²) in [7, 11) is 0. The average Bonchev–Trinajstić information content (AvgIpc) is 2.56. The number of amides is 1. The summed E-state index contributed by atoms with van der Waals surface area (Å²) in [4.78, 5) is 22.3. The normalized spacial score (nSPS) is 15.3. The molecule has 0 bridgehead atoms. The van der Waals surface area contributed by atoms with Crippen LogP contribution in [0.3, 0.4) is 0 Å². The largest absolute Gasteiger partial charge is 0.458 e. The first kappa shape index (κ1) is 19.0. The predicted molar refractivity (Wildman–Crippen MR) is 92.0 cm³/mol. The van der Waals surface area contributed by atoms with E-state index in [0.717, 1.165) is 11.3 Å². The third-order valence-electron chi connectivity index (χ3n) is 2.79. The van der Waals surface area contributed by atoms with Gasteiger partial charge < -0.3 is 15.2 Å². The Kier molecular flexibility index (Phi) is 8.79. The highest BCUT2D eigenvalue weighted by Gasteiger charge is 2.25. The highest BCUT2D eigenvalue weighted by molar-refractivity contribution is 7.99. The van der Waals surface area contributed by atoms with Crippen LogP contribution < -0.4 is 5.32 Å². The Morgan fingerprint density at radius 2 is 1.96 bits per heavy atom. The smallest absolute Gasteiger partial charge is 0.338 e. The van der Waals surface area contributed by atoms with E-state index in [-0.39, 0.29) is 30.5 Å². The number of hydrogen-bond donors (Lipinski definition) is 2. The van der Waals surface area contributed by atoms with E-state index < -0.39 is 0 Å². The van der Waals surface area contributed by atoms with Gasteiger partial charge >= 0.3 is 5.97 Å². The van der Waals surface area contributed by atoms with E-state index in [1.54, 1.807) is 23.9 Å². The molecule has 1 aliphatic rings. The molecule has 1 aromatic rings. The summed E-state index contributed by atoms with van der Waals surface area (Å²) in [5.74, 6) is 0.579. The number of thioether (sulfide) groups is 1. The molecule has 1 unspecified atom stereocenters. The molecule has 1 aliphatic heterocycles. The third-order valence-corrected chi connectivity index (χ3v) is 3.98. The summed E-state index contributed by atoms with van der Waals surface area (Å²) in [6, 6.07) is 7.30. The van der Waals surface area contributed by atoms with E-state index in [4.69, 9.17) is 9.84 Å². The van der Waals surface area contributed by atoms with Crippen molar-refractivity contribution < 1.29 is 19.4 Å². The second-order valence-corrected chi connectivity index (χ2v) is 5.82. The Hall–Kier alpha value is -2.05. The van der Waals surface area contributed by atoms with E-state index in [0.29, 0.717) is 12.0 Å². The quantitative estimate of drug-likeness (QED) is 0.454. The summed E-state index contributed by atoms with van der Waals surface area (Å²) in [5, 5.41) is 10.8. The zero-order valence-corrected chi connectivity index (χ0v) is 13.7. The molecule has 5 nitrogen and oxygen atoms in total. The van der Waals surface area contributed by atoms with Crippen molar-refractivity contribution in [1.82, 2.24) is 5.32 Å². The molecule has 1 amide bonds. The number of esters is 1. The van der Waals surface area contributed by atoms with Crippen LogP contribution in [0.25, 0.3) is 0 Å². The van der Waals surface area contributed by atoms with Gasteiger partial charge in [0.2, 0.25) is 5.91 Å². The number of carbonyl (C=O) groups is 2. The average molecular weight is 335 g/mol. The first-order valence-corrected chi connectivity index (χ1v) is 8.15. The van der Waals surface area contributed by atoms with Gasteiger partial charge in [-0.1, -0.05) is 30.9 Å². The molecule has 2 rings (SSSR count). The van der Waals surface area contributed by atoms with Crippen molar-refractivity contribution in [1.29, 1.82) is 0 Å². The van der Waals surface area contributed by atoms with Crippen LogP contribution in [0.2, 0.25) is 0 Å². The molecular weight excluding hydrogens is 314 g/mol. The molecule has 6 heteroatoms. The van der Waals surface area contributed by atoms with Crippen molar-refractivity contribution in [2.75, 3.05) is 13.2 Å². The van der Waals surface area contributed by atoms with Gasteiger partial charge in [0.25, 0.3) is 0 Å². The number of ether oxygens (including phenoxy) is 1. The van der Waals surface area contributed by atoms with Gasteiger partial charge in [0.15, 0.2) is 0 Å². The molecule has 0 radical (unpaired) electrons. The van der Waals surface area contributed by atoms with Crippen LogP contribution in [0.1, 0.15) is 22.3 Å². The molecule has 0 aromatic heterocycles. The number of hydrogen-bond acceptors (Lipinski definition) is 5. The lowest BCUT2D eigenvalue weighted by Crippen LogP contribution is -2.46. The Morgan fingerprint density at radius 3 is 2.43 bits per heavy atom. The number of β-lactam (4-membered cyclic amide) rings is 1. The summed E-state index contributed by atoms with van der Waals surface area (Å²) in [6.45, 7) is 7.02. The van der Waals surface area contributed by atoms with Crippen molar-refractivity contribution in [2.24, 2.45) is 0 Å². The Labute approximate surface area is 140 Å². The lowest BCUT2D eigenvalue weighted by atomic mass is 10.1. The minimum absolute atomic E-state index is 0.0833. The standard InChI is InChI=1S/C14H15NO3S.C3H6O/c1-2-7-18-14(17)11-5-3-10(4-6-11)9-19-13-8-12(16)15-13;1-2-3-4/h2-6,13H,1,7-9H2,(H,15,16);2,4H,1,3H2. The second-order valence-electron chi connectivity index (χ2n) is 4.63. The Balaban J connectivity index is 0.000000593. The van der Waals surface area contributed by atoms with Crippen molar-refractivity contribution in [3.05, 3.63) is 60.7 Å². The summed E-state index contributed by atoms with van der Waals surface area (Å²) < 4.78 is 4.94. The number of nitrogens with one attached hydrogen (secondary N) is 1. The molecule has 0 saturated carbocycles. The van der Waals surface area contributed by atoms with E-state index in [1.807, 2.05) is 12.1 Å². The van der Waals surface area contributed by atoms with Crippen LogP contribution in [0.4, 0.5) is 0 Å². The topological polar surface area (TPSA) is 75.6 Å². The molecule has 1 heterocycles. The minimum Gasteiger partial charge on any atom is -0.458 e. The van der Waals surface area contributed by atoms with E-state index >= 15 is 0 Å². The molecule has 1 aromatic carbocycles. The van der Waals surface area contributed by atoms with Gasteiger partial charge in [-0.3, -0.25) is 4.79 Å². The van der Waals surface area contributed by atoms with E-state index in [1.165, 1.54) is 12.2 Å². The highest BCUT2D eigenvalue weighted by Crippen LogP contribution is 2.23. The van der Waals surface area contributed by atoms with Crippen LogP contribution in [0, 0.1) is 0 Å². The molecule has 1 fully saturated rings.